The summed E-state index contributed by atoms with van der Waals surface area (Å²) in [6.07, 6.45) is 7.89. The molecular formula is C23H33N5O2S. The third-order valence-corrected chi connectivity index (χ3v) is 7.87. The monoisotopic (exact) mass is 443 g/mol. The third kappa shape index (κ3) is 4.61. The first-order valence-corrected chi connectivity index (χ1v) is 12.0. The highest BCUT2D eigenvalue weighted by atomic mass is 32.1. The highest BCUT2D eigenvalue weighted by Crippen LogP contribution is 2.46. The summed E-state index contributed by atoms with van der Waals surface area (Å²) < 4.78 is 6.46. The van der Waals surface area contributed by atoms with E-state index in [0.717, 1.165) is 50.9 Å². The Hall–Kier alpha value is -2.03. The SMILES string of the molecule is CCc1cc2c(s1)CCO[C@@]21CCN(Cc2cnc(N[C@@H](C)C(=O)NC)nc2)[C@@H](C)C1. The minimum atomic E-state index is -0.375. The van der Waals surface area contributed by atoms with Gasteiger partial charge in [-0.3, -0.25) is 9.69 Å². The van der Waals surface area contributed by atoms with Crippen LogP contribution in [0.25, 0.3) is 0 Å². The van der Waals surface area contributed by atoms with Crippen LogP contribution in [0.15, 0.2) is 18.5 Å². The molecule has 7 nitrogen and oxygen atoms in total. The second-order valence-corrected chi connectivity index (χ2v) is 9.89. The van der Waals surface area contributed by atoms with Gasteiger partial charge in [-0.15, -0.1) is 11.3 Å². The number of likely N-dealkylation sites (N-methyl/N-ethyl adjacent to an activating group) is 1. The van der Waals surface area contributed by atoms with Crippen molar-refractivity contribution in [1.29, 1.82) is 0 Å². The van der Waals surface area contributed by atoms with Gasteiger partial charge in [-0.1, -0.05) is 6.92 Å². The molecule has 2 aliphatic heterocycles. The van der Waals surface area contributed by atoms with E-state index >= 15 is 0 Å². The van der Waals surface area contributed by atoms with Gasteiger partial charge in [0, 0.05) is 60.3 Å². The van der Waals surface area contributed by atoms with Crippen LogP contribution < -0.4 is 10.6 Å². The molecule has 4 heterocycles. The number of hydrogen-bond donors (Lipinski definition) is 2. The Kier molecular flexibility index (Phi) is 6.60. The van der Waals surface area contributed by atoms with E-state index in [1.54, 1.807) is 14.0 Å². The number of ether oxygens (including phenoxy) is 1. The highest BCUT2D eigenvalue weighted by Gasteiger charge is 2.44. The topological polar surface area (TPSA) is 79.4 Å². The molecule has 0 bridgehead atoms. The van der Waals surface area contributed by atoms with Crippen LogP contribution in [0, 0.1) is 0 Å². The van der Waals surface area contributed by atoms with Crippen molar-refractivity contribution in [1.82, 2.24) is 20.2 Å². The first-order valence-electron chi connectivity index (χ1n) is 11.2. The maximum atomic E-state index is 11.7. The van der Waals surface area contributed by atoms with Crippen LogP contribution in [0.1, 0.15) is 54.5 Å². The summed E-state index contributed by atoms with van der Waals surface area (Å²) >= 11 is 1.98. The van der Waals surface area contributed by atoms with E-state index in [1.165, 1.54) is 15.3 Å². The van der Waals surface area contributed by atoms with Crippen molar-refractivity contribution in [3.05, 3.63) is 39.3 Å². The average molecular weight is 444 g/mol. The van der Waals surface area contributed by atoms with Gasteiger partial charge in [0.15, 0.2) is 0 Å². The van der Waals surface area contributed by atoms with Crippen molar-refractivity contribution in [2.24, 2.45) is 0 Å². The minimum absolute atomic E-state index is 0.0893. The van der Waals surface area contributed by atoms with Crippen molar-refractivity contribution >= 4 is 23.2 Å². The molecule has 2 aliphatic rings. The van der Waals surface area contributed by atoms with Gasteiger partial charge in [0.25, 0.3) is 0 Å². The van der Waals surface area contributed by atoms with Crippen LogP contribution in [-0.2, 0) is 34.5 Å². The maximum absolute atomic E-state index is 11.7. The molecule has 0 unspecified atom stereocenters. The van der Waals surface area contributed by atoms with Crippen molar-refractivity contribution in [2.75, 3.05) is 25.5 Å². The van der Waals surface area contributed by atoms with Crippen LogP contribution in [0.2, 0.25) is 0 Å². The van der Waals surface area contributed by atoms with Crippen LogP contribution in [0.4, 0.5) is 5.95 Å². The zero-order valence-electron chi connectivity index (χ0n) is 18.9. The number of aryl methyl sites for hydroxylation is 1. The number of aromatic nitrogens is 2. The van der Waals surface area contributed by atoms with Gasteiger partial charge in [0.05, 0.1) is 12.2 Å². The van der Waals surface area contributed by atoms with Crippen LogP contribution in [-0.4, -0.2) is 53.1 Å². The first-order chi connectivity index (χ1) is 14.9. The molecule has 0 aromatic carbocycles. The molecule has 1 spiro atoms. The van der Waals surface area contributed by atoms with Gasteiger partial charge in [-0.2, -0.15) is 0 Å². The van der Waals surface area contributed by atoms with Gasteiger partial charge in [-0.25, -0.2) is 9.97 Å². The quantitative estimate of drug-likeness (QED) is 0.714. The number of thiophene rings is 1. The number of fused-ring (bicyclic) bond motifs is 2. The Morgan fingerprint density at radius 2 is 2.19 bits per heavy atom. The Labute approximate surface area is 188 Å². The number of carbonyl (C=O) groups is 1. The van der Waals surface area contributed by atoms with Gasteiger partial charge in [0.1, 0.15) is 6.04 Å². The number of anilines is 1. The van der Waals surface area contributed by atoms with E-state index in [9.17, 15) is 4.79 Å². The number of piperidine rings is 1. The predicted molar refractivity (Wildman–Crippen MR) is 123 cm³/mol. The molecule has 2 aromatic heterocycles. The Balaban J connectivity index is 1.39. The average Bonchev–Trinajstić information content (AvgIpc) is 3.21. The maximum Gasteiger partial charge on any atom is 0.242 e. The molecule has 1 amide bonds. The summed E-state index contributed by atoms with van der Waals surface area (Å²) in [7, 11) is 1.62. The standard InChI is InChI=1S/C23H33N5O2S/c1-5-18-10-19-20(31-18)6-9-30-23(19)7-8-28(15(2)11-23)14-17-12-25-22(26-13-17)27-16(3)21(29)24-4/h10,12-13,15-16H,5-9,11,14H2,1-4H3,(H,24,29)(H,25,26,27)/t15-,16-,23+/m0/s1. The third-order valence-electron chi connectivity index (χ3n) is 6.53. The van der Waals surface area contributed by atoms with Gasteiger partial charge < -0.3 is 15.4 Å². The molecule has 0 radical (unpaired) electrons. The first kappa shape index (κ1) is 22.2. The van der Waals surface area contributed by atoms with Crippen LogP contribution in [0.5, 0.6) is 0 Å². The molecule has 1 fully saturated rings. The van der Waals surface area contributed by atoms with E-state index in [1.807, 2.05) is 23.7 Å². The zero-order chi connectivity index (χ0) is 22.0. The van der Waals surface area contributed by atoms with Crippen molar-refractivity contribution in [2.45, 2.75) is 70.7 Å². The summed E-state index contributed by atoms with van der Waals surface area (Å²) in [5.74, 6) is 0.381. The second-order valence-electron chi connectivity index (χ2n) is 8.66. The number of nitrogens with one attached hydrogen (secondary N) is 2. The van der Waals surface area contributed by atoms with E-state index in [2.05, 4.69) is 45.4 Å². The molecule has 1 saturated heterocycles. The fourth-order valence-electron chi connectivity index (χ4n) is 4.73. The summed E-state index contributed by atoms with van der Waals surface area (Å²) in [6, 6.07) is 2.44. The normalized spacial score (nSPS) is 24.6. The van der Waals surface area contributed by atoms with Crippen molar-refractivity contribution in [3.63, 3.8) is 0 Å². The lowest BCUT2D eigenvalue weighted by Gasteiger charge is -2.47. The number of carbonyl (C=O) groups excluding carboxylic acids is 1. The summed E-state index contributed by atoms with van der Waals surface area (Å²) in [5.41, 5.74) is 2.42. The van der Waals surface area contributed by atoms with E-state index in [0.29, 0.717) is 12.0 Å². The number of likely N-dealkylation sites (tertiary alicyclic amines) is 1. The van der Waals surface area contributed by atoms with E-state index < -0.39 is 0 Å². The lowest BCUT2D eigenvalue weighted by molar-refractivity contribution is -0.121. The number of nitrogens with zero attached hydrogens (tertiary/aromatic N) is 3. The predicted octanol–water partition coefficient (Wildman–Crippen LogP) is 3.10. The molecule has 3 atom stereocenters. The molecule has 31 heavy (non-hydrogen) atoms. The Morgan fingerprint density at radius 3 is 2.87 bits per heavy atom. The van der Waals surface area contributed by atoms with Gasteiger partial charge >= 0.3 is 0 Å². The molecule has 0 saturated carbocycles. The van der Waals surface area contributed by atoms with Gasteiger partial charge in [-0.05, 0) is 44.7 Å². The molecule has 0 aliphatic carbocycles. The fraction of sp³-hybridized carbons (Fsp3) is 0.609. The second kappa shape index (κ2) is 9.22. The highest BCUT2D eigenvalue weighted by molar-refractivity contribution is 7.12. The van der Waals surface area contributed by atoms with Crippen LogP contribution >= 0.6 is 11.3 Å². The van der Waals surface area contributed by atoms with Crippen molar-refractivity contribution < 1.29 is 9.53 Å². The summed E-state index contributed by atoms with van der Waals surface area (Å²) in [5, 5.41) is 5.64. The Morgan fingerprint density at radius 1 is 1.42 bits per heavy atom. The van der Waals surface area contributed by atoms with Crippen LogP contribution in [0.3, 0.4) is 0 Å². The minimum Gasteiger partial charge on any atom is -0.370 e. The Bertz CT molecular complexity index is 915. The largest absolute Gasteiger partial charge is 0.370 e. The smallest absolute Gasteiger partial charge is 0.242 e. The lowest BCUT2D eigenvalue weighted by atomic mass is 9.79. The number of rotatable bonds is 6. The molecule has 8 heteroatoms. The van der Waals surface area contributed by atoms with E-state index in [4.69, 9.17) is 4.74 Å². The van der Waals surface area contributed by atoms with Gasteiger partial charge in [0.2, 0.25) is 11.9 Å². The molecule has 4 rings (SSSR count). The number of amides is 1. The summed E-state index contributed by atoms with van der Waals surface area (Å²) in [6.45, 7) is 8.97. The van der Waals surface area contributed by atoms with E-state index in [-0.39, 0.29) is 17.6 Å². The number of hydrogen-bond acceptors (Lipinski definition) is 7. The molecular weight excluding hydrogens is 410 g/mol. The molecule has 2 aromatic rings. The molecule has 2 N–H and O–H groups in total. The van der Waals surface area contributed by atoms with Crippen molar-refractivity contribution in [3.8, 4) is 0 Å². The fourth-order valence-corrected chi connectivity index (χ4v) is 5.91. The lowest BCUT2D eigenvalue weighted by Crippen LogP contribution is -2.50. The molecule has 168 valence electrons. The zero-order valence-corrected chi connectivity index (χ0v) is 19.7. The summed E-state index contributed by atoms with van der Waals surface area (Å²) in [4.78, 5) is 26.0.